The fourth-order valence-electron chi connectivity index (χ4n) is 3.77. The Morgan fingerprint density at radius 3 is 3.03 bits per heavy atom. The molecule has 2 amide bonds. The molecule has 9 nitrogen and oxygen atoms in total. The standard InChI is InChI=1S/C21H25N7O2/c1-22-21(30)14-4-2-5-15(10-14)24-11-18(29)27-16-6-3-9-28(12-16)20-17-7-8-23-19(17)25-13-26-20/h2,4-5,7-8,10,13,16,24H,3,6,9,11-12H2,1H3,(H,22,30)(H,27,29)(H,23,25,26). The van der Waals surface area contributed by atoms with Crippen molar-refractivity contribution in [2.75, 3.05) is 36.9 Å². The predicted molar refractivity (Wildman–Crippen MR) is 116 cm³/mol. The Hall–Kier alpha value is -3.62. The molecule has 4 N–H and O–H groups in total. The first kappa shape index (κ1) is 19.7. The van der Waals surface area contributed by atoms with Crippen molar-refractivity contribution in [3.63, 3.8) is 0 Å². The molecule has 30 heavy (non-hydrogen) atoms. The molecular weight excluding hydrogens is 382 g/mol. The van der Waals surface area contributed by atoms with Crippen molar-refractivity contribution in [2.24, 2.45) is 0 Å². The summed E-state index contributed by atoms with van der Waals surface area (Å²) < 4.78 is 0. The summed E-state index contributed by atoms with van der Waals surface area (Å²) in [5.74, 6) is 0.651. The van der Waals surface area contributed by atoms with Crippen molar-refractivity contribution in [2.45, 2.75) is 18.9 Å². The number of nitrogens with zero attached hydrogens (tertiary/aromatic N) is 3. The second kappa shape index (κ2) is 8.81. The second-order valence-electron chi connectivity index (χ2n) is 7.30. The molecule has 2 aromatic heterocycles. The van der Waals surface area contributed by atoms with Crippen LogP contribution in [0.3, 0.4) is 0 Å². The van der Waals surface area contributed by atoms with Crippen molar-refractivity contribution in [3.8, 4) is 0 Å². The number of piperidine rings is 1. The number of carbonyl (C=O) groups is 2. The Morgan fingerprint density at radius 2 is 2.17 bits per heavy atom. The van der Waals surface area contributed by atoms with E-state index >= 15 is 0 Å². The molecule has 3 aromatic rings. The largest absolute Gasteiger partial charge is 0.376 e. The minimum absolute atomic E-state index is 0.0502. The minimum Gasteiger partial charge on any atom is -0.376 e. The molecule has 0 aliphatic carbocycles. The van der Waals surface area contributed by atoms with Gasteiger partial charge in [0.1, 0.15) is 17.8 Å². The molecule has 1 fully saturated rings. The lowest BCUT2D eigenvalue weighted by atomic mass is 10.1. The maximum atomic E-state index is 12.5. The first-order chi connectivity index (χ1) is 14.6. The van der Waals surface area contributed by atoms with Crippen molar-refractivity contribution >= 4 is 34.4 Å². The molecule has 1 unspecified atom stereocenters. The third-order valence-corrected chi connectivity index (χ3v) is 5.22. The third-order valence-electron chi connectivity index (χ3n) is 5.22. The van der Waals surface area contributed by atoms with Crippen LogP contribution >= 0.6 is 0 Å². The van der Waals surface area contributed by atoms with E-state index in [0.717, 1.165) is 41.9 Å². The van der Waals surface area contributed by atoms with Crippen LogP contribution < -0.4 is 20.9 Å². The Balaban J connectivity index is 1.33. The topological polar surface area (TPSA) is 115 Å². The quantitative estimate of drug-likeness (QED) is 0.492. The molecule has 1 atom stereocenters. The van der Waals surface area contributed by atoms with Gasteiger partial charge < -0.3 is 25.8 Å². The zero-order valence-corrected chi connectivity index (χ0v) is 16.8. The van der Waals surface area contributed by atoms with Crippen LogP contribution in [0.15, 0.2) is 42.9 Å². The van der Waals surface area contributed by atoms with E-state index in [1.807, 2.05) is 18.3 Å². The highest BCUT2D eigenvalue weighted by Gasteiger charge is 2.23. The molecule has 1 saturated heterocycles. The van der Waals surface area contributed by atoms with Gasteiger partial charge in [0, 0.05) is 43.6 Å². The smallest absolute Gasteiger partial charge is 0.251 e. The van der Waals surface area contributed by atoms with Gasteiger partial charge in [-0.25, -0.2) is 9.97 Å². The molecule has 156 valence electrons. The number of rotatable bonds is 6. The van der Waals surface area contributed by atoms with Gasteiger partial charge in [-0.3, -0.25) is 9.59 Å². The average Bonchev–Trinajstić information content (AvgIpc) is 3.26. The molecule has 3 heterocycles. The van der Waals surface area contributed by atoms with Crippen LogP contribution in [0.2, 0.25) is 0 Å². The number of fused-ring (bicyclic) bond motifs is 1. The molecule has 4 rings (SSSR count). The lowest BCUT2D eigenvalue weighted by molar-refractivity contribution is -0.120. The first-order valence-corrected chi connectivity index (χ1v) is 10.0. The van der Waals surface area contributed by atoms with E-state index in [4.69, 9.17) is 0 Å². The Morgan fingerprint density at radius 1 is 1.27 bits per heavy atom. The maximum Gasteiger partial charge on any atom is 0.251 e. The van der Waals surface area contributed by atoms with Crippen LogP contribution in [0, 0.1) is 0 Å². The number of anilines is 2. The normalized spacial score (nSPS) is 16.3. The number of carbonyl (C=O) groups excluding carboxylic acids is 2. The number of aromatic amines is 1. The Labute approximate surface area is 174 Å². The summed E-state index contributed by atoms with van der Waals surface area (Å²) in [6.07, 6.45) is 5.32. The van der Waals surface area contributed by atoms with Gasteiger partial charge in [0.25, 0.3) is 5.91 Å². The highest BCUT2D eigenvalue weighted by Crippen LogP contribution is 2.25. The molecule has 9 heteroatoms. The molecular formula is C21H25N7O2. The SMILES string of the molecule is CNC(=O)c1cccc(NCC(=O)NC2CCCN(c3ncnc4[nH]ccc34)C2)c1. The van der Waals surface area contributed by atoms with Crippen LogP contribution in [0.25, 0.3) is 11.0 Å². The fourth-order valence-corrected chi connectivity index (χ4v) is 3.77. The molecule has 0 spiro atoms. The summed E-state index contributed by atoms with van der Waals surface area (Å²) in [6.45, 7) is 1.74. The molecule has 0 bridgehead atoms. The van der Waals surface area contributed by atoms with E-state index < -0.39 is 0 Å². The lowest BCUT2D eigenvalue weighted by Crippen LogP contribution is -2.49. The lowest BCUT2D eigenvalue weighted by Gasteiger charge is -2.34. The number of hydrogen-bond donors (Lipinski definition) is 4. The van der Waals surface area contributed by atoms with E-state index in [2.05, 4.69) is 35.8 Å². The summed E-state index contributed by atoms with van der Waals surface area (Å²) in [5.41, 5.74) is 2.09. The van der Waals surface area contributed by atoms with Crippen LogP contribution in [0.1, 0.15) is 23.2 Å². The summed E-state index contributed by atoms with van der Waals surface area (Å²) in [4.78, 5) is 38.2. The van der Waals surface area contributed by atoms with Crippen LogP contribution in [-0.2, 0) is 4.79 Å². The molecule has 0 radical (unpaired) electrons. The third kappa shape index (κ3) is 4.35. The highest BCUT2D eigenvalue weighted by molar-refractivity contribution is 5.95. The first-order valence-electron chi connectivity index (χ1n) is 10.0. The summed E-state index contributed by atoms with van der Waals surface area (Å²) >= 11 is 0. The highest BCUT2D eigenvalue weighted by atomic mass is 16.2. The Kier molecular flexibility index (Phi) is 5.78. The van der Waals surface area contributed by atoms with Gasteiger partial charge in [-0.1, -0.05) is 6.07 Å². The molecule has 0 saturated carbocycles. The fraction of sp³-hybridized carbons (Fsp3) is 0.333. The Bertz CT molecular complexity index is 1050. The summed E-state index contributed by atoms with van der Waals surface area (Å²) in [7, 11) is 1.59. The van der Waals surface area contributed by atoms with E-state index in [-0.39, 0.29) is 24.4 Å². The maximum absolute atomic E-state index is 12.5. The van der Waals surface area contributed by atoms with Crippen molar-refractivity contribution in [1.29, 1.82) is 0 Å². The number of H-pyrrole nitrogens is 1. The monoisotopic (exact) mass is 407 g/mol. The minimum atomic E-state index is -0.161. The van der Waals surface area contributed by atoms with Gasteiger partial charge >= 0.3 is 0 Å². The van der Waals surface area contributed by atoms with Gasteiger partial charge in [-0.2, -0.15) is 0 Å². The van der Waals surface area contributed by atoms with Crippen molar-refractivity contribution in [3.05, 3.63) is 48.4 Å². The second-order valence-corrected chi connectivity index (χ2v) is 7.30. The van der Waals surface area contributed by atoms with E-state index in [1.165, 1.54) is 0 Å². The van der Waals surface area contributed by atoms with Crippen molar-refractivity contribution in [1.82, 2.24) is 25.6 Å². The molecule has 1 aliphatic rings. The van der Waals surface area contributed by atoms with Gasteiger partial charge in [0.15, 0.2) is 0 Å². The molecule has 1 aliphatic heterocycles. The van der Waals surface area contributed by atoms with Crippen LogP contribution in [0.5, 0.6) is 0 Å². The van der Waals surface area contributed by atoms with E-state index in [9.17, 15) is 9.59 Å². The summed E-state index contributed by atoms with van der Waals surface area (Å²) in [5, 5.41) is 9.77. The van der Waals surface area contributed by atoms with Crippen LogP contribution in [0.4, 0.5) is 11.5 Å². The van der Waals surface area contributed by atoms with Crippen LogP contribution in [-0.4, -0.2) is 59.5 Å². The zero-order valence-electron chi connectivity index (χ0n) is 16.8. The number of amides is 2. The zero-order chi connectivity index (χ0) is 20.9. The van der Waals surface area contributed by atoms with E-state index in [0.29, 0.717) is 12.1 Å². The summed E-state index contributed by atoms with van der Waals surface area (Å²) in [6, 6.07) is 9.10. The number of aromatic nitrogens is 3. The van der Waals surface area contributed by atoms with Gasteiger partial charge in [0.2, 0.25) is 5.91 Å². The number of nitrogens with one attached hydrogen (secondary N) is 4. The average molecular weight is 407 g/mol. The van der Waals surface area contributed by atoms with Crippen molar-refractivity contribution < 1.29 is 9.59 Å². The number of hydrogen-bond acceptors (Lipinski definition) is 6. The predicted octanol–water partition coefficient (Wildman–Crippen LogP) is 1.51. The van der Waals surface area contributed by atoms with E-state index in [1.54, 1.807) is 31.6 Å². The van der Waals surface area contributed by atoms with Gasteiger partial charge in [0.05, 0.1) is 11.9 Å². The van der Waals surface area contributed by atoms with Gasteiger partial charge in [-0.15, -0.1) is 0 Å². The number of benzene rings is 1. The van der Waals surface area contributed by atoms with Gasteiger partial charge in [-0.05, 0) is 37.1 Å². The molecule has 1 aromatic carbocycles.